The maximum atomic E-state index is 12.8. The number of anilines is 2. The number of rotatable bonds is 7. The highest BCUT2D eigenvalue weighted by atomic mass is 35.5. The van der Waals surface area contributed by atoms with E-state index in [1.165, 1.54) is 11.3 Å². The van der Waals surface area contributed by atoms with Gasteiger partial charge in [0, 0.05) is 22.5 Å². The SMILES string of the molecule is Cc1nc(COc2ccc(Cl)cc2)sc1C(=O)Nc1cccc(C(=O)Nc2ccccn2)c1. The normalized spacial score (nSPS) is 10.5. The molecule has 0 atom stereocenters. The van der Waals surface area contributed by atoms with Crippen molar-refractivity contribution >= 4 is 46.3 Å². The van der Waals surface area contributed by atoms with Crippen LogP contribution >= 0.6 is 22.9 Å². The molecule has 4 aromatic rings. The number of carbonyl (C=O) groups is 2. The fourth-order valence-electron chi connectivity index (χ4n) is 2.95. The third kappa shape index (κ3) is 5.94. The van der Waals surface area contributed by atoms with Gasteiger partial charge in [0.1, 0.15) is 28.1 Å². The van der Waals surface area contributed by atoms with Gasteiger partial charge in [-0.1, -0.05) is 23.7 Å². The van der Waals surface area contributed by atoms with Crippen LogP contribution in [0.5, 0.6) is 5.75 Å². The summed E-state index contributed by atoms with van der Waals surface area (Å²) >= 11 is 7.14. The summed E-state index contributed by atoms with van der Waals surface area (Å²) in [5, 5.41) is 6.86. The molecule has 2 heterocycles. The molecule has 4 rings (SSSR count). The van der Waals surface area contributed by atoms with E-state index >= 15 is 0 Å². The standard InChI is InChI=1S/C24H19ClN4O3S/c1-15-22(33-21(27-15)14-32-19-10-8-17(25)9-11-19)24(31)28-18-6-4-5-16(13-18)23(30)29-20-7-2-3-12-26-20/h2-13H,14H2,1H3,(H,28,31)(H,26,29,30). The van der Waals surface area contributed by atoms with E-state index in [1.807, 2.05) is 0 Å². The fraction of sp³-hybridized carbons (Fsp3) is 0.0833. The van der Waals surface area contributed by atoms with Gasteiger partial charge < -0.3 is 15.4 Å². The molecule has 0 fully saturated rings. The molecule has 2 amide bonds. The quantitative estimate of drug-likeness (QED) is 0.361. The summed E-state index contributed by atoms with van der Waals surface area (Å²) in [4.78, 5) is 34.3. The van der Waals surface area contributed by atoms with Crippen molar-refractivity contribution in [2.75, 3.05) is 10.6 Å². The van der Waals surface area contributed by atoms with E-state index in [9.17, 15) is 9.59 Å². The van der Waals surface area contributed by atoms with Crippen molar-refractivity contribution in [2.45, 2.75) is 13.5 Å². The monoisotopic (exact) mass is 478 g/mol. The first kappa shape index (κ1) is 22.4. The predicted molar refractivity (Wildman–Crippen MR) is 129 cm³/mol. The van der Waals surface area contributed by atoms with Crippen molar-refractivity contribution in [1.82, 2.24) is 9.97 Å². The molecule has 166 valence electrons. The van der Waals surface area contributed by atoms with Crippen LogP contribution in [0, 0.1) is 6.92 Å². The molecule has 0 spiro atoms. The predicted octanol–water partition coefficient (Wildman–Crippen LogP) is 5.58. The molecule has 0 aliphatic rings. The largest absolute Gasteiger partial charge is 0.486 e. The third-order valence-electron chi connectivity index (χ3n) is 4.51. The Labute approximate surface area is 199 Å². The minimum Gasteiger partial charge on any atom is -0.486 e. The first-order valence-corrected chi connectivity index (χ1v) is 11.2. The number of nitrogens with zero attached hydrogens (tertiary/aromatic N) is 2. The highest BCUT2D eigenvalue weighted by Crippen LogP contribution is 2.23. The number of hydrogen-bond acceptors (Lipinski definition) is 6. The van der Waals surface area contributed by atoms with Crippen molar-refractivity contribution in [3.63, 3.8) is 0 Å². The van der Waals surface area contributed by atoms with Crippen molar-refractivity contribution in [3.8, 4) is 5.75 Å². The zero-order valence-electron chi connectivity index (χ0n) is 17.5. The lowest BCUT2D eigenvalue weighted by Crippen LogP contribution is -2.15. The number of pyridine rings is 1. The zero-order chi connectivity index (χ0) is 23.2. The lowest BCUT2D eigenvalue weighted by Gasteiger charge is -2.07. The van der Waals surface area contributed by atoms with E-state index in [0.717, 1.165) is 0 Å². The second kappa shape index (κ2) is 10.2. The van der Waals surface area contributed by atoms with Gasteiger partial charge in [-0.05, 0) is 61.5 Å². The highest BCUT2D eigenvalue weighted by Gasteiger charge is 2.17. The summed E-state index contributed by atoms with van der Waals surface area (Å²) in [6.45, 7) is 2.01. The van der Waals surface area contributed by atoms with E-state index in [-0.39, 0.29) is 18.4 Å². The van der Waals surface area contributed by atoms with E-state index in [2.05, 4.69) is 20.6 Å². The molecule has 2 aromatic carbocycles. The maximum absolute atomic E-state index is 12.8. The van der Waals surface area contributed by atoms with Crippen molar-refractivity contribution in [3.05, 3.63) is 99.1 Å². The van der Waals surface area contributed by atoms with Gasteiger partial charge in [0.25, 0.3) is 11.8 Å². The summed E-state index contributed by atoms with van der Waals surface area (Å²) in [5.41, 5.74) is 1.51. The van der Waals surface area contributed by atoms with Crippen molar-refractivity contribution in [1.29, 1.82) is 0 Å². The zero-order valence-corrected chi connectivity index (χ0v) is 19.1. The molecule has 2 N–H and O–H groups in total. The van der Waals surface area contributed by atoms with Crippen LogP contribution in [0.15, 0.2) is 72.9 Å². The van der Waals surface area contributed by atoms with Crippen molar-refractivity contribution < 1.29 is 14.3 Å². The number of amides is 2. The average molecular weight is 479 g/mol. The van der Waals surface area contributed by atoms with Gasteiger partial charge in [0.2, 0.25) is 0 Å². The number of nitrogens with one attached hydrogen (secondary N) is 2. The van der Waals surface area contributed by atoms with E-state index in [1.54, 1.807) is 79.9 Å². The van der Waals surface area contributed by atoms with E-state index in [4.69, 9.17) is 16.3 Å². The smallest absolute Gasteiger partial charge is 0.267 e. The van der Waals surface area contributed by atoms with Gasteiger partial charge in [-0.15, -0.1) is 11.3 Å². The van der Waals surface area contributed by atoms with Crippen LogP contribution in [0.4, 0.5) is 11.5 Å². The van der Waals surface area contributed by atoms with Gasteiger partial charge in [-0.25, -0.2) is 9.97 Å². The van der Waals surface area contributed by atoms with Gasteiger partial charge in [-0.3, -0.25) is 9.59 Å². The Morgan fingerprint density at radius 3 is 2.58 bits per heavy atom. The summed E-state index contributed by atoms with van der Waals surface area (Å²) in [6, 6.07) is 19.0. The molecule has 9 heteroatoms. The summed E-state index contributed by atoms with van der Waals surface area (Å²) in [7, 11) is 0. The maximum Gasteiger partial charge on any atom is 0.267 e. The molecular formula is C24H19ClN4O3S. The number of halogens is 1. The second-order valence-electron chi connectivity index (χ2n) is 6.97. The van der Waals surface area contributed by atoms with Gasteiger partial charge in [0.15, 0.2) is 0 Å². The van der Waals surface area contributed by atoms with Crippen LogP contribution in [0.1, 0.15) is 30.7 Å². The Kier molecular flexibility index (Phi) is 6.97. The first-order chi connectivity index (χ1) is 16.0. The molecule has 0 radical (unpaired) electrons. The molecule has 0 unspecified atom stereocenters. The molecule has 7 nitrogen and oxygen atoms in total. The third-order valence-corrected chi connectivity index (χ3v) is 5.89. The number of aromatic nitrogens is 2. The van der Waals surface area contributed by atoms with Crippen LogP contribution < -0.4 is 15.4 Å². The Morgan fingerprint density at radius 1 is 1.00 bits per heavy atom. The minimum atomic E-state index is -0.319. The minimum absolute atomic E-state index is 0.240. The number of thiazole rings is 1. The van der Waals surface area contributed by atoms with Gasteiger partial charge in [-0.2, -0.15) is 0 Å². The van der Waals surface area contributed by atoms with Gasteiger partial charge >= 0.3 is 0 Å². The Bertz CT molecular complexity index is 1280. The number of hydrogen-bond donors (Lipinski definition) is 2. The molecule has 0 saturated carbocycles. The molecule has 0 bridgehead atoms. The van der Waals surface area contributed by atoms with Crippen LogP contribution in [-0.2, 0) is 6.61 Å². The van der Waals surface area contributed by atoms with E-state index < -0.39 is 0 Å². The number of carbonyl (C=O) groups excluding carboxylic acids is 2. The molecule has 2 aromatic heterocycles. The Hall–Kier alpha value is -3.75. The average Bonchev–Trinajstić information content (AvgIpc) is 3.20. The number of ether oxygens (including phenoxy) is 1. The molecular weight excluding hydrogens is 460 g/mol. The molecule has 0 aliphatic heterocycles. The topological polar surface area (TPSA) is 93.2 Å². The lowest BCUT2D eigenvalue weighted by molar-refractivity contribution is 0.101. The van der Waals surface area contributed by atoms with Crippen molar-refractivity contribution in [2.24, 2.45) is 0 Å². The van der Waals surface area contributed by atoms with Gasteiger partial charge in [0.05, 0.1) is 5.69 Å². The Morgan fingerprint density at radius 2 is 1.82 bits per heavy atom. The molecule has 0 aliphatic carbocycles. The highest BCUT2D eigenvalue weighted by molar-refractivity contribution is 7.13. The Balaban J connectivity index is 1.40. The lowest BCUT2D eigenvalue weighted by atomic mass is 10.2. The van der Waals surface area contributed by atoms with Crippen LogP contribution in [-0.4, -0.2) is 21.8 Å². The van der Waals surface area contributed by atoms with Crippen LogP contribution in [0.2, 0.25) is 5.02 Å². The number of benzene rings is 2. The van der Waals surface area contributed by atoms with Crippen LogP contribution in [0.3, 0.4) is 0 Å². The second-order valence-corrected chi connectivity index (χ2v) is 8.49. The first-order valence-electron chi connectivity index (χ1n) is 9.96. The molecule has 33 heavy (non-hydrogen) atoms. The molecule has 0 saturated heterocycles. The fourth-order valence-corrected chi connectivity index (χ4v) is 3.95. The summed E-state index contributed by atoms with van der Waals surface area (Å²) in [6.07, 6.45) is 1.60. The van der Waals surface area contributed by atoms with E-state index in [0.29, 0.717) is 43.4 Å². The van der Waals surface area contributed by atoms with Crippen LogP contribution in [0.25, 0.3) is 0 Å². The summed E-state index contributed by atoms with van der Waals surface area (Å²) in [5.74, 6) is 0.495. The summed E-state index contributed by atoms with van der Waals surface area (Å²) < 4.78 is 5.71. The number of aryl methyl sites for hydroxylation is 1.